The van der Waals surface area contributed by atoms with Crippen molar-refractivity contribution < 1.29 is 4.79 Å². The molecule has 0 bridgehead atoms. The zero-order chi connectivity index (χ0) is 18.2. The van der Waals surface area contributed by atoms with Crippen molar-refractivity contribution in [3.8, 4) is 0 Å². The van der Waals surface area contributed by atoms with Crippen molar-refractivity contribution in [3.63, 3.8) is 0 Å². The first kappa shape index (κ1) is 18.9. The van der Waals surface area contributed by atoms with Crippen molar-refractivity contribution in [2.24, 2.45) is 0 Å². The number of amides is 1. The number of unbranched alkanes of at least 4 members (excludes halogenated alkanes) is 2. The predicted molar refractivity (Wildman–Crippen MR) is 103 cm³/mol. The topological polar surface area (TPSA) is 66.9 Å². The summed E-state index contributed by atoms with van der Waals surface area (Å²) in [6.07, 6.45) is 3.40. The summed E-state index contributed by atoms with van der Waals surface area (Å²) in [6, 6.07) is 9.58. The minimum Gasteiger partial charge on any atom is -0.354 e. The van der Waals surface area contributed by atoms with Gasteiger partial charge in [0.15, 0.2) is 0 Å². The lowest BCUT2D eigenvalue weighted by Gasteiger charge is -2.14. The zero-order valence-corrected chi connectivity index (χ0v) is 15.6. The van der Waals surface area contributed by atoms with Crippen LogP contribution in [-0.2, 0) is 0 Å². The second-order valence-electron chi connectivity index (χ2n) is 6.55. The van der Waals surface area contributed by atoms with E-state index in [4.69, 9.17) is 0 Å². The number of hydrogen-bond donors (Lipinski definition) is 2. The lowest BCUT2D eigenvalue weighted by Crippen LogP contribution is -2.17. The highest BCUT2D eigenvalue weighted by atomic mass is 16.1. The number of nitrogens with one attached hydrogen (secondary N) is 2. The summed E-state index contributed by atoms with van der Waals surface area (Å²) in [5.74, 6) is 0.632. The quantitative estimate of drug-likeness (QED) is 0.680. The Morgan fingerprint density at radius 2 is 1.92 bits per heavy atom. The minimum atomic E-state index is -0.213. The maximum absolute atomic E-state index is 12.6. The molecular weight excluding hydrogens is 312 g/mol. The Bertz CT molecular complexity index is 713. The minimum absolute atomic E-state index is 0.213. The molecule has 0 aliphatic carbocycles. The summed E-state index contributed by atoms with van der Waals surface area (Å²) >= 11 is 0. The third kappa shape index (κ3) is 5.55. The first-order valence-electron chi connectivity index (χ1n) is 9.01. The Kier molecular flexibility index (Phi) is 6.92. The van der Waals surface area contributed by atoms with Crippen molar-refractivity contribution >= 4 is 17.5 Å². The summed E-state index contributed by atoms with van der Waals surface area (Å²) < 4.78 is 0. The second-order valence-corrected chi connectivity index (χ2v) is 6.55. The average Bonchev–Trinajstić information content (AvgIpc) is 2.58. The number of carbonyl (C=O) groups excluding carboxylic acids is 1. The van der Waals surface area contributed by atoms with Gasteiger partial charge in [-0.15, -0.1) is 0 Å². The number of aryl methyl sites for hydroxylation is 1. The molecule has 134 valence electrons. The Labute approximate surface area is 150 Å². The van der Waals surface area contributed by atoms with Gasteiger partial charge in [-0.1, -0.05) is 51.8 Å². The van der Waals surface area contributed by atoms with Crippen molar-refractivity contribution in [3.05, 3.63) is 47.3 Å². The fraction of sp³-hybridized carbons (Fsp3) is 0.450. The number of carbonyl (C=O) groups is 1. The van der Waals surface area contributed by atoms with E-state index in [9.17, 15) is 4.79 Å². The lowest BCUT2D eigenvalue weighted by molar-refractivity contribution is 0.102. The number of hydrogen-bond acceptors (Lipinski definition) is 4. The van der Waals surface area contributed by atoms with E-state index in [-0.39, 0.29) is 5.91 Å². The van der Waals surface area contributed by atoms with Crippen LogP contribution in [0.5, 0.6) is 0 Å². The SMILES string of the molecule is CCCCCNc1nc(C)cc(C(=O)Nc2ccccc2C(C)C)n1. The van der Waals surface area contributed by atoms with Gasteiger partial charge in [0.05, 0.1) is 0 Å². The molecule has 0 aliphatic rings. The molecular formula is C20H28N4O. The van der Waals surface area contributed by atoms with E-state index >= 15 is 0 Å². The van der Waals surface area contributed by atoms with Crippen molar-refractivity contribution in [2.75, 3.05) is 17.2 Å². The molecule has 0 atom stereocenters. The molecule has 5 nitrogen and oxygen atoms in total. The van der Waals surface area contributed by atoms with Crippen molar-refractivity contribution in [1.82, 2.24) is 9.97 Å². The number of aromatic nitrogens is 2. The molecule has 25 heavy (non-hydrogen) atoms. The van der Waals surface area contributed by atoms with E-state index < -0.39 is 0 Å². The Hall–Kier alpha value is -2.43. The van der Waals surface area contributed by atoms with Gasteiger partial charge in [0.1, 0.15) is 5.69 Å². The number of anilines is 2. The summed E-state index contributed by atoms with van der Waals surface area (Å²) in [5.41, 5.74) is 3.09. The number of para-hydroxylation sites is 1. The first-order valence-corrected chi connectivity index (χ1v) is 9.01. The van der Waals surface area contributed by atoms with Crippen LogP contribution in [0.25, 0.3) is 0 Å². The van der Waals surface area contributed by atoms with Gasteiger partial charge in [-0.3, -0.25) is 4.79 Å². The van der Waals surface area contributed by atoms with Crippen molar-refractivity contribution in [2.45, 2.75) is 52.9 Å². The summed E-state index contributed by atoms with van der Waals surface area (Å²) in [6.45, 7) is 9.07. The van der Waals surface area contributed by atoms with Crippen molar-refractivity contribution in [1.29, 1.82) is 0 Å². The van der Waals surface area contributed by atoms with Gasteiger partial charge >= 0.3 is 0 Å². The maximum atomic E-state index is 12.6. The predicted octanol–water partition coefficient (Wildman–Crippen LogP) is 4.76. The van der Waals surface area contributed by atoms with E-state index in [1.54, 1.807) is 6.07 Å². The molecule has 0 saturated heterocycles. The van der Waals surface area contributed by atoms with Crippen LogP contribution in [0.2, 0.25) is 0 Å². The number of benzene rings is 1. The van der Waals surface area contributed by atoms with Crippen LogP contribution in [0.4, 0.5) is 11.6 Å². The molecule has 1 aromatic carbocycles. The summed E-state index contributed by atoms with van der Waals surface area (Å²) in [7, 11) is 0. The summed E-state index contributed by atoms with van der Waals surface area (Å²) in [5, 5.41) is 6.19. The largest absolute Gasteiger partial charge is 0.354 e. The van der Waals surface area contributed by atoms with Crippen LogP contribution < -0.4 is 10.6 Å². The molecule has 2 rings (SSSR count). The molecule has 0 radical (unpaired) electrons. The van der Waals surface area contributed by atoms with Crippen LogP contribution in [0.3, 0.4) is 0 Å². The van der Waals surface area contributed by atoms with Gasteiger partial charge < -0.3 is 10.6 Å². The monoisotopic (exact) mass is 340 g/mol. The van der Waals surface area contributed by atoms with Gasteiger partial charge in [-0.25, -0.2) is 9.97 Å². The average molecular weight is 340 g/mol. The fourth-order valence-electron chi connectivity index (χ4n) is 2.64. The van der Waals surface area contributed by atoms with E-state index in [0.29, 0.717) is 17.6 Å². The van der Waals surface area contributed by atoms with Gasteiger partial charge in [0.2, 0.25) is 5.95 Å². The molecule has 0 saturated carbocycles. The molecule has 0 aliphatic heterocycles. The number of rotatable bonds is 8. The van der Waals surface area contributed by atoms with Gasteiger partial charge in [0.25, 0.3) is 5.91 Å². The standard InChI is InChI=1S/C20H28N4O/c1-5-6-9-12-21-20-22-15(4)13-18(24-20)19(25)23-17-11-8-7-10-16(17)14(2)3/h7-8,10-11,13-14H,5-6,9,12H2,1-4H3,(H,23,25)(H,21,22,24). The van der Waals surface area contributed by atoms with E-state index in [1.165, 1.54) is 6.42 Å². The molecule has 2 aromatic rings. The van der Waals surface area contributed by atoms with Crippen LogP contribution in [0, 0.1) is 6.92 Å². The smallest absolute Gasteiger partial charge is 0.274 e. The van der Waals surface area contributed by atoms with Crippen LogP contribution in [-0.4, -0.2) is 22.4 Å². The Morgan fingerprint density at radius 3 is 2.64 bits per heavy atom. The first-order chi connectivity index (χ1) is 12.0. The van der Waals surface area contributed by atoms with Crippen LogP contribution >= 0.6 is 0 Å². The molecule has 0 spiro atoms. The maximum Gasteiger partial charge on any atom is 0.274 e. The fourth-order valence-corrected chi connectivity index (χ4v) is 2.64. The molecule has 1 heterocycles. The third-order valence-electron chi connectivity index (χ3n) is 3.98. The van der Waals surface area contributed by atoms with E-state index in [1.807, 2.05) is 31.2 Å². The van der Waals surface area contributed by atoms with Gasteiger partial charge in [-0.2, -0.15) is 0 Å². The lowest BCUT2D eigenvalue weighted by atomic mass is 10.0. The molecule has 2 N–H and O–H groups in total. The summed E-state index contributed by atoms with van der Waals surface area (Å²) in [4.78, 5) is 21.4. The Balaban J connectivity index is 2.12. The highest BCUT2D eigenvalue weighted by Crippen LogP contribution is 2.24. The molecule has 0 fully saturated rings. The van der Waals surface area contributed by atoms with Gasteiger partial charge in [-0.05, 0) is 37.0 Å². The van der Waals surface area contributed by atoms with E-state index in [0.717, 1.165) is 36.3 Å². The zero-order valence-electron chi connectivity index (χ0n) is 15.6. The Morgan fingerprint density at radius 1 is 1.16 bits per heavy atom. The second kappa shape index (κ2) is 9.16. The molecule has 1 aromatic heterocycles. The van der Waals surface area contributed by atoms with Gasteiger partial charge in [0, 0.05) is 17.9 Å². The van der Waals surface area contributed by atoms with Crippen LogP contribution in [0.1, 0.15) is 67.7 Å². The normalized spacial score (nSPS) is 10.8. The molecule has 5 heteroatoms. The third-order valence-corrected chi connectivity index (χ3v) is 3.98. The highest BCUT2D eigenvalue weighted by molar-refractivity contribution is 6.03. The number of nitrogens with zero attached hydrogens (tertiary/aromatic N) is 2. The molecule has 1 amide bonds. The van der Waals surface area contributed by atoms with Crippen LogP contribution in [0.15, 0.2) is 30.3 Å². The highest BCUT2D eigenvalue weighted by Gasteiger charge is 2.13. The molecule has 0 unspecified atom stereocenters. The van der Waals surface area contributed by atoms with E-state index in [2.05, 4.69) is 41.4 Å².